The van der Waals surface area contributed by atoms with Gasteiger partial charge in [0.25, 0.3) is 0 Å². The van der Waals surface area contributed by atoms with Gasteiger partial charge in [-0.2, -0.15) is 0 Å². The van der Waals surface area contributed by atoms with Crippen molar-refractivity contribution in [2.75, 3.05) is 27.2 Å². The summed E-state index contributed by atoms with van der Waals surface area (Å²) in [5.74, 6) is 0.890. The molecule has 2 aromatic carbocycles. The van der Waals surface area contributed by atoms with Crippen molar-refractivity contribution in [3.63, 3.8) is 0 Å². The lowest BCUT2D eigenvalue weighted by atomic mass is 10.0. The Morgan fingerprint density at radius 3 is 2.47 bits per heavy atom. The Morgan fingerprint density at radius 1 is 1.16 bits per heavy atom. The van der Waals surface area contributed by atoms with Crippen molar-refractivity contribution in [2.24, 2.45) is 5.73 Å². The van der Waals surface area contributed by atoms with Crippen LogP contribution in [0.4, 0.5) is 0 Å². The van der Waals surface area contributed by atoms with Gasteiger partial charge in [-0.25, -0.2) is 0 Å². The molecule has 0 saturated heterocycles. The Morgan fingerprint density at radius 2 is 1.84 bits per heavy atom. The summed E-state index contributed by atoms with van der Waals surface area (Å²) in [4.78, 5) is 2.27. The molecule has 3 heteroatoms. The third kappa shape index (κ3) is 2.88. The van der Waals surface area contributed by atoms with Gasteiger partial charge in [0.1, 0.15) is 5.75 Å². The SMILES string of the molecule is CCN(C)C(CN)c1ccc2cc(OC)ccc2c1. The predicted molar refractivity (Wildman–Crippen MR) is 80.6 cm³/mol. The lowest BCUT2D eigenvalue weighted by molar-refractivity contribution is 0.263. The number of nitrogens with two attached hydrogens (primary N) is 1. The van der Waals surface area contributed by atoms with Gasteiger partial charge in [0.05, 0.1) is 7.11 Å². The molecule has 2 aromatic rings. The van der Waals surface area contributed by atoms with Crippen LogP contribution in [0.25, 0.3) is 10.8 Å². The molecule has 0 aliphatic rings. The zero-order valence-corrected chi connectivity index (χ0v) is 11.9. The van der Waals surface area contributed by atoms with Crippen molar-refractivity contribution in [1.82, 2.24) is 4.90 Å². The Hall–Kier alpha value is -1.58. The molecule has 3 nitrogen and oxygen atoms in total. The smallest absolute Gasteiger partial charge is 0.119 e. The van der Waals surface area contributed by atoms with Gasteiger partial charge in [-0.3, -0.25) is 4.90 Å². The largest absolute Gasteiger partial charge is 0.497 e. The summed E-state index contributed by atoms with van der Waals surface area (Å²) < 4.78 is 5.25. The maximum Gasteiger partial charge on any atom is 0.119 e. The molecular weight excluding hydrogens is 236 g/mol. The van der Waals surface area contributed by atoms with Crippen molar-refractivity contribution in [3.8, 4) is 5.75 Å². The summed E-state index contributed by atoms with van der Waals surface area (Å²) >= 11 is 0. The van der Waals surface area contributed by atoms with Crippen LogP contribution in [-0.2, 0) is 0 Å². The first-order chi connectivity index (χ1) is 9.19. The number of likely N-dealkylation sites (N-methyl/N-ethyl adjacent to an activating group) is 1. The molecule has 1 atom stereocenters. The van der Waals surface area contributed by atoms with E-state index in [0.29, 0.717) is 6.54 Å². The minimum Gasteiger partial charge on any atom is -0.497 e. The van der Waals surface area contributed by atoms with Gasteiger partial charge in [0.2, 0.25) is 0 Å². The van der Waals surface area contributed by atoms with E-state index < -0.39 is 0 Å². The first kappa shape index (κ1) is 13.8. The van der Waals surface area contributed by atoms with E-state index in [1.165, 1.54) is 16.3 Å². The number of ether oxygens (including phenoxy) is 1. The van der Waals surface area contributed by atoms with Crippen LogP contribution in [0.1, 0.15) is 18.5 Å². The number of hydrogen-bond donors (Lipinski definition) is 1. The fourth-order valence-corrected chi connectivity index (χ4v) is 2.37. The normalized spacial score (nSPS) is 12.9. The highest BCUT2D eigenvalue weighted by Crippen LogP contribution is 2.26. The molecule has 0 radical (unpaired) electrons. The number of benzene rings is 2. The van der Waals surface area contributed by atoms with E-state index in [0.717, 1.165) is 12.3 Å². The van der Waals surface area contributed by atoms with E-state index in [9.17, 15) is 0 Å². The summed E-state index contributed by atoms with van der Waals surface area (Å²) in [6.07, 6.45) is 0. The minimum atomic E-state index is 0.275. The van der Waals surface area contributed by atoms with Gasteiger partial charge < -0.3 is 10.5 Å². The molecule has 0 aliphatic carbocycles. The molecule has 0 fully saturated rings. The van der Waals surface area contributed by atoms with Crippen LogP contribution >= 0.6 is 0 Å². The van der Waals surface area contributed by atoms with E-state index in [1.807, 2.05) is 6.07 Å². The van der Waals surface area contributed by atoms with Crippen LogP contribution in [0.2, 0.25) is 0 Å². The average Bonchev–Trinajstić information content (AvgIpc) is 2.47. The van der Waals surface area contributed by atoms with Gasteiger partial charge in [-0.05, 0) is 48.1 Å². The summed E-state index contributed by atoms with van der Waals surface area (Å²) in [7, 11) is 3.80. The monoisotopic (exact) mass is 258 g/mol. The third-order valence-corrected chi connectivity index (χ3v) is 3.71. The van der Waals surface area contributed by atoms with Gasteiger partial charge in [0.15, 0.2) is 0 Å². The fraction of sp³-hybridized carbons (Fsp3) is 0.375. The van der Waals surface area contributed by atoms with Crippen molar-refractivity contribution in [3.05, 3.63) is 42.0 Å². The van der Waals surface area contributed by atoms with Gasteiger partial charge in [-0.1, -0.05) is 25.1 Å². The van der Waals surface area contributed by atoms with E-state index >= 15 is 0 Å². The van der Waals surface area contributed by atoms with Crippen LogP contribution in [0.5, 0.6) is 5.75 Å². The lowest BCUT2D eigenvalue weighted by Crippen LogP contribution is -2.30. The molecule has 2 N–H and O–H groups in total. The highest BCUT2D eigenvalue weighted by molar-refractivity contribution is 5.84. The van der Waals surface area contributed by atoms with E-state index in [2.05, 4.69) is 49.2 Å². The summed E-state index contributed by atoms with van der Waals surface area (Å²) in [6, 6.07) is 12.9. The molecule has 0 amide bonds. The first-order valence-electron chi connectivity index (χ1n) is 6.67. The second-order valence-electron chi connectivity index (χ2n) is 4.80. The molecule has 0 aliphatic heterocycles. The molecule has 0 aromatic heterocycles. The number of rotatable bonds is 5. The second-order valence-corrected chi connectivity index (χ2v) is 4.80. The van der Waals surface area contributed by atoms with Crippen LogP contribution in [0, 0.1) is 0 Å². The molecule has 0 saturated carbocycles. The Balaban J connectivity index is 2.40. The molecular formula is C16H22N2O. The number of methoxy groups -OCH3 is 1. The van der Waals surface area contributed by atoms with Gasteiger partial charge >= 0.3 is 0 Å². The highest BCUT2D eigenvalue weighted by Gasteiger charge is 2.14. The van der Waals surface area contributed by atoms with Crippen molar-refractivity contribution >= 4 is 10.8 Å². The van der Waals surface area contributed by atoms with Crippen LogP contribution < -0.4 is 10.5 Å². The quantitative estimate of drug-likeness (QED) is 0.896. The minimum absolute atomic E-state index is 0.275. The molecule has 0 spiro atoms. The van der Waals surface area contributed by atoms with Crippen LogP contribution in [0.3, 0.4) is 0 Å². The Labute approximate surface area is 115 Å². The zero-order chi connectivity index (χ0) is 13.8. The van der Waals surface area contributed by atoms with E-state index in [-0.39, 0.29) is 6.04 Å². The van der Waals surface area contributed by atoms with Crippen LogP contribution in [0.15, 0.2) is 36.4 Å². The molecule has 102 valence electrons. The second kappa shape index (κ2) is 6.04. The van der Waals surface area contributed by atoms with Gasteiger partial charge in [-0.15, -0.1) is 0 Å². The summed E-state index contributed by atoms with van der Waals surface area (Å²) in [5, 5.41) is 2.42. The highest BCUT2D eigenvalue weighted by atomic mass is 16.5. The van der Waals surface area contributed by atoms with Crippen molar-refractivity contribution in [2.45, 2.75) is 13.0 Å². The Kier molecular flexibility index (Phi) is 4.40. The zero-order valence-electron chi connectivity index (χ0n) is 11.9. The lowest BCUT2D eigenvalue weighted by Gasteiger charge is -2.26. The maximum absolute atomic E-state index is 5.91. The first-order valence-corrected chi connectivity index (χ1v) is 6.67. The summed E-state index contributed by atoms with van der Waals surface area (Å²) in [6.45, 7) is 3.77. The summed E-state index contributed by atoms with van der Waals surface area (Å²) in [5.41, 5.74) is 7.18. The average molecular weight is 258 g/mol. The molecule has 0 bridgehead atoms. The third-order valence-electron chi connectivity index (χ3n) is 3.71. The van der Waals surface area contributed by atoms with Gasteiger partial charge in [0, 0.05) is 12.6 Å². The van der Waals surface area contributed by atoms with E-state index in [1.54, 1.807) is 7.11 Å². The Bertz CT molecular complexity index is 553. The maximum atomic E-state index is 5.91. The molecule has 19 heavy (non-hydrogen) atoms. The number of nitrogens with zero attached hydrogens (tertiary/aromatic N) is 1. The number of hydrogen-bond acceptors (Lipinski definition) is 3. The van der Waals surface area contributed by atoms with E-state index in [4.69, 9.17) is 10.5 Å². The standard InChI is InChI=1S/C16H22N2O/c1-4-18(2)16(11-17)14-6-5-13-10-15(19-3)8-7-12(13)9-14/h5-10,16H,4,11,17H2,1-3H3. The molecule has 0 heterocycles. The topological polar surface area (TPSA) is 38.5 Å². The molecule has 2 rings (SSSR count). The fourth-order valence-electron chi connectivity index (χ4n) is 2.37. The van der Waals surface area contributed by atoms with Crippen LogP contribution in [-0.4, -0.2) is 32.1 Å². The number of fused-ring (bicyclic) bond motifs is 1. The van der Waals surface area contributed by atoms with Crippen molar-refractivity contribution in [1.29, 1.82) is 0 Å². The van der Waals surface area contributed by atoms with Crippen molar-refractivity contribution < 1.29 is 4.74 Å². The predicted octanol–water partition coefficient (Wildman–Crippen LogP) is 2.80. The molecule has 1 unspecified atom stereocenters.